The van der Waals surface area contributed by atoms with Crippen molar-refractivity contribution in [3.63, 3.8) is 0 Å². The van der Waals surface area contributed by atoms with Crippen LogP contribution < -0.4 is 5.32 Å². The van der Waals surface area contributed by atoms with Crippen LogP contribution in [0, 0.1) is 17.8 Å². The first-order chi connectivity index (χ1) is 10.8. The molecule has 22 heavy (non-hydrogen) atoms. The van der Waals surface area contributed by atoms with E-state index < -0.39 is 0 Å². The van der Waals surface area contributed by atoms with Crippen LogP contribution in [0.2, 0.25) is 0 Å². The lowest BCUT2D eigenvalue weighted by Gasteiger charge is -2.32. The van der Waals surface area contributed by atoms with Crippen molar-refractivity contribution in [3.8, 4) is 0 Å². The fourth-order valence-electron chi connectivity index (χ4n) is 4.25. The van der Waals surface area contributed by atoms with Crippen LogP contribution in [0.1, 0.15) is 39.0 Å². The number of nitrogens with zero attached hydrogens (tertiary/aromatic N) is 2. The van der Waals surface area contributed by atoms with Gasteiger partial charge in [0, 0.05) is 19.6 Å². The minimum absolute atomic E-state index is 0.172. The van der Waals surface area contributed by atoms with E-state index >= 15 is 0 Å². The van der Waals surface area contributed by atoms with Crippen LogP contribution in [-0.4, -0.2) is 55.1 Å². The minimum atomic E-state index is 0.172. The number of hydrogen-bond donors (Lipinski definition) is 1. The molecule has 0 bridgehead atoms. The predicted molar refractivity (Wildman–Crippen MR) is 89.8 cm³/mol. The van der Waals surface area contributed by atoms with Crippen molar-refractivity contribution in [3.05, 3.63) is 12.2 Å². The lowest BCUT2D eigenvalue weighted by molar-refractivity contribution is 0.175. The predicted octanol–water partition coefficient (Wildman–Crippen LogP) is 2.72. The molecule has 4 nitrogen and oxygen atoms in total. The highest BCUT2D eigenvalue weighted by atomic mass is 16.2. The molecule has 2 saturated heterocycles. The zero-order chi connectivity index (χ0) is 15.4. The molecule has 0 unspecified atom stereocenters. The van der Waals surface area contributed by atoms with Crippen molar-refractivity contribution in [1.29, 1.82) is 0 Å². The lowest BCUT2D eigenvalue weighted by Crippen LogP contribution is -2.43. The Morgan fingerprint density at radius 1 is 1.14 bits per heavy atom. The number of carbonyl (C=O) groups is 1. The average molecular weight is 305 g/mol. The molecule has 1 N–H and O–H groups in total. The molecule has 2 aliphatic heterocycles. The third-order valence-electron chi connectivity index (χ3n) is 5.70. The van der Waals surface area contributed by atoms with Crippen LogP contribution in [0.4, 0.5) is 4.79 Å². The number of allylic oxidation sites excluding steroid dienone is 2. The van der Waals surface area contributed by atoms with E-state index in [1.807, 2.05) is 0 Å². The lowest BCUT2D eigenvalue weighted by atomic mass is 9.86. The second-order valence-electron chi connectivity index (χ2n) is 7.34. The molecule has 124 valence electrons. The van der Waals surface area contributed by atoms with Gasteiger partial charge in [-0.2, -0.15) is 0 Å². The summed E-state index contributed by atoms with van der Waals surface area (Å²) in [6, 6.07) is 0.172. The Morgan fingerprint density at radius 2 is 1.77 bits per heavy atom. The molecule has 0 radical (unpaired) electrons. The number of carbonyl (C=O) groups excluding carboxylic acids is 1. The second kappa shape index (κ2) is 7.49. The Morgan fingerprint density at radius 3 is 2.36 bits per heavy atom. The van der Waals surface area contributed by atoms with E-state index in [2.05, 4.69) is 34.2 Å². The molecule has 2 fully saturated rings. The van der Waals surface area contributed by atoms with Crippen LogP contribution in [0.25, 0.3) is 0 Å². The number of hydrogen-bond acceptors (Lipinski definition) is 2. The largest absolute Gasteiger partial charge is 0.338 e. The molecular weight excluding hydrogens is 274 g/mol. The molecule has 0 aromatic heterocycles. The van der Waals surface area contributed by atoms with Gasteiger partial charge in [0.1, 0.15) is 0 Å². The van der Waals surface area contributed by atoms with Gasteiger partial charge in [0.25, 0.3) is 0 Å². The summed E-state index contributed by atoms with van der Waals surface area (Å²) in [5.41, 5.74) is 0. The van der Waals surface area contributed by atoms with Gasteiger partial charge in [0.15, 0.2) is 0 Å². The van der Waals surface area contributed by atoms with Gasteiger partial charge in [-0.3, -0.25) is 0 Å². The highest BCUT2D eigenvalue weighted by Gasteiger charge is 2.35. The molecule has 2 amide bonds. The monoisotopic (exact) mass is 305 g/mol. The first-order valence-corrected chi connectivity index (χ1v) is 9.16. The van der Waals surface area contributed by atoms with Gasteiger partial charge >= 0.3 is 6.03 Å². The van der Waals surface area contributed by atoms with Crippen molar-refractivity contribution < 1.29 is 4.79 Å². The van der Waals surface area contributed by atoms with Gasteiger partial charge in [0.05, 0.1) is 0 Å². The number of amides is 2. The van der Waals surface area contributed by atoms with E-state index in [-0.39, 0.29) is 6.03 Å². The molecule has 1 aliphatic carbocycles. The van der Waals surface area contributed by atoms with Crippen LogP contribution >= 0.6 is 0 Å². The average Bonchev–Trinajstić information content (AvgIpc) is 2.98. The molecule has 0 aromatic rings. The fraction of sp³-hybridized carbons (Fsp3) is 0.833. The third-order valence-corrected chi connectivity index (χ3v) is 5.70. The van der Waals surface area contributed by atoms with Gasteiger partial charge in [-0.05, 0) is 69.5 Å². The summed E-state index contributed by atoms with van der Waals surface area (Å²) in [6.45, 7) is 8.65. The minimum Gasteiger partial charge on any atom is -0.338 e. The van der Waals surface area contributed by atoms with Crippen molar-refractivity contribution in [1.82, 2.24) is 15.1 Å². The van der Waals surface area contributed by atoms with Crippen molar-refractivity contribution >= 4 is 6.03 Å². The second-order valence-corrected chi connectivity index (χ2v) is 7.34. The summed E-state index contributed by atoms with van der Waals surface area (Å²) >= 11 is 0. The number of urea groups is 1. The van der Waals surface area contributed by atoms with Crippen LogP contribution in [0.15, 0.2) is 12.2 Å². The topological polar surface area (TPSA) is 35.6 Å². The molecule has 3 aliphatic rings. The summed E-state index contributed by atoms with van der Waals surface area (Å²) in [5, 5.41) is 3.20. The Labute approximate surface area is 134 Å². The maximum Gasteiger partial charge on any atom is 0.317 e. The zero-order valence-corrected chi connectivity index (χ0v) is 14.0. The standard InChI is InChI=1S/C18H31N3O/c1-2-9-20-10-7-15(8-11-20)12-19-18(22)21-13-16-5-3-4-6-17(16)14-21/h3-4,15-17H,2,5-14H2,1H3,(H,19,22)/t16-,17+. The summed E-state index contributed by atoms with van der Waals surface area (Å²) in [5.74, 6) is 2.07. The van der Waals surface area contributed by atoms with Crippen LogP contribution in [0.3, 0.4) is 0 Å². The highest BCUT2D eigenvalue weighted by Crippen LogP contribution is 2.32. The number of piperidine rings is 1. The molecule has 2 atom stereocenters. The highest BCUT2D eigenvalue weighted by molar-refractivity contribution is 5.74. The molecular formula is C18H31N3O. The van der Waals surface area contributed by atoms with Gasteiger partial charge in [0.2, 0.25) is 0 Å². The molecule has 2 heterocycles. The fourth-order valence-corrected chi connectivity index (χ4v) is 4.25. The van der Waals surface area contributed by atoms with Gasteiger partial charge in [-0.25, -0.2) is 4.79 Å². The summed E-state index contributed by atoms with van der Waals surface area (Å²) in [6.07, 6.45) is 10.6. The normalized spacial score (nSPS) is 29.6. The SMILES string of the molecule is CCCN1CCC(CNC(=O)N2C[C@H]3CC=CC[C@H]3C2)CC1. The summed E-state index contributed by atoms with van der Waals surface area (Å²) in [7, 11) is 0. The molecule has 4 heteroatoms. The first kappa shape index (κ1) is 15.9. The zero-order valence-electron chi connectivity index (χ0n) is 14.0. The first-order valence-electron chi connectivity index (χ1n) is 9.16. The smallest absolute Gasteiger partial charge is 0.317 e. The molecule has 3 rings (SSSR count). The van der Waals surface area contributed by atoms with E-state index in [1.165, 1.54) is 38.9 Å². The van der Waals surface area contributed by atoms with Crippen molar-refractivity contribution in [2.75, 3.05) is 39.3 Å². The number of fused-ring (bicyclic) bond motifs is 1. The number of likely N-dealkylation sites (tertiary alicyclic amines) is 2. The maximum atomic E-state index is 12.4. The van der Waals surface area contributed by atoms with E-state index in [1.54, 1.807) is 0 Å². The molecule has 0 spiro atoms. The Bertz CT molecular complexity index is 385. The Kier molecular flexibility index (Phi) is 5.40. The number of nitrogens with one attached hydrogen (secondary N) is 1. The Balaban J connectivity index is 1.37. The Hall–Kier alpha value is -1.03. The summed E-state index contributed by atoms with van der Waals surface area (Å²) < 4.78 is 0. The van der Waals surface area contributed by atoms with Gasteiger partial charge < -0.3 is 15.1 Å². The van der Waals surface area contributed by atoms with Gasteiger partial charge in [-0.1, -0.05) is 19.1 Å². The third kappa shape index (κ3) is 3.83. The molecule has 0 aromatic carbocycles. The number of rotatable bonds is 4. The van der Waals surface area contributed by atoms with E-state index in [0.29, 0.717) is 17.8 Å². The van der Waals surface area contributed by atoms with E-state index in [4.69, 9.17) is 0 Å². The maximum absolute atomic E-state index is 12.4. The van der Waals surface area contributed by atoms with E-state index in [0.717, 1.165) is 32.5 Å². The van der Waals surface area contributed by atoms with Gasteiger partial charge in [-0.15, -0.1) is 0 Å². The van der Waals surface area contributed by atoms with E-state index in [9.17, 15) is 4.79 Å². The molecule has 0 saturated carbocycles. The van der Waals surface area contributed by atoms with Crippen molar-refractivity contribution in [2.45, 2.75) is 39.0 Å². The van der Waals surface area contributed by atoms with Crippen molar-refractivity contribution in [2.24, 2.45) is 17.8 Å². The van der Waals surface area contributed by atoms with Crippen LogP contribution in [0.5, 0.6) is 0 Å². The quantitative estimate of drug-likeness (QED) is 0.811. The summed E-state index contributed by atoms with van der Waals surface area (Å²) in [4.78, 5) is 17.0. The van der Waals surface area contributed by atoms with Crippen LogP contribution in [-0.2, 0) is 0 Å².